The first-order chi connectivity index (χ1) is 13.3. The minimum absolute atomic E-state index is 0.0381. The third-order valence-electron chi connectivity index (χ3n) is 4.86. The van der Waals surface area contributed by atoms with Crippen LogP contribution in [0.5, 0.6) is 5.75 Å². The lowest BCUT2D eigenvalue weighted by Crippen LogP contribution is -2.40. The maximum Gasteiger partial charge on any atom is 0.313 e. The van der Waals surface area contributed by atoms with E-state index in [2.05, 4.69) is 16.7 Å². The molecule has 2 N–H and O–H groups in total. The molecular weight excluding hydrogens is 354 g/mol. The van der Waals surface area contributed by atoms with Gasteiger partial charge in [0.1, 0.15) is 5.75 Å². The van der Waals surface area contributed by atoms with Crippen LogP contribution in [0.3, 0.4) is 0 Å². The Hall–Kier alpha value is -2.86. The molecule has 148 valence electrons. The van der Waals surface area contributed by atoms with E-state index in [0.29, 0.717) is 18.8 Å². The third-order valence-corrected chi connectivity index (χ3v) is 4.86. The molecule has 1 heterocycles. The number of anilines is 1. The smallest absolute Gasteiger partial charge is 0.313 e. The second kappa shape index (κ2) is 8.44. The highest BCUT2D eigenvalue weighted by atomic mass is 16.5. The summed E-state index contributed by atoms with van der Waals surface area (Å²) in [7, 11) is 3.91. The molecule has 6 nitrogen and oxygen atoms in total. The van der Waals surface area contributed by atoms with Gasteiger partial charge in [-0.25, -0.2) is 0 Å². The van der Waals surface area contributed by atoms with Crippen molar-refractivity contribution in [2.24, 2.45) is 0 Å². The first kappa shape index (κ1) is 19.9. The van der Waals surface area contributed by atoms with E-state index in [-0.39, 0.29) is 6.04 Å². The normalized spacial score (nSPS) is 13.6. The monoisotopic (exact) mass is 381 g/mol. The number of nitrogens with one attached hydrogen (secondary N) is 2. The van der Waals surface area contributed by atoms with E-state index in [0.717, 1.165) is 28.9 Å². The Morgan fingerprint density at radius 1 is 1.07 bits per heavy atom. The molecule has 0 aliphatic carbocycles. The number of nitrogens with zero attached hydrogens (tertiary/aromatic N) is 1. The lowest BCUT2D eigenvalue weighted by molar-refractivity contribution is -0.136. The Labute approximate surface area is 165 Å². The zero-order valence-electron chi connectivity index (χ0n) is 16.8. The van der Waals surface area contributed by atoms with Crippen LogP contribution >= 0.6 is 0 Å². The number of ether oxygens (including phenoxy) is 1. The molecule has 1 aliphatic rings. The van der Waals surface area contributed by atoms with Crippen molar-refractivity contribution in [1.82, 2.24) is 10.2 Å². The summed E-state index contributed by atoms with van der Waals surface area (Å²) in [6, 6.07) is 11.8. The summed E-state index contributed by atoms with van der Waals surface area (Å²) in [6.45, 7) is 4.95. The molecule has 0 fully saturated rings. The van der Waals surface area contributed by atoms with Crippen LogP contribution in [0, 0.1) is 13.8 Å². The highest BCUT2D eigenvalue weighted by molar-refractivity contribution is 6.39. The number of carbonyl (C=O) groups excluding carboxylic acids is 2. The van der Waals surface area contributed by atoms with Crippen molar-refractivity contribution >= 4 is 17.5 Å². The van der Waals surface area contributed by atoms with Crippen molar-refractivity contribution in [3.63, 3.8) is 0 Å². The summed E-state index contributed by atoms with van der Waals surface area (Å²) in [5.41, 5.74) is 4.96. The van der Waals surface area contributed by atoms with Gasteiger partial charge in [-0.15, -0.1) is 0 Å². The Morgan fingerprint density at radius 2 is 1.79 bits per heavy atom. The number of hydrogen-bond acceptors (Lipinski definition) is 4. The van der Waals surface area contributed by atoms with Crippen LogP contribution in [-0.4, -0.2) is 44.0 Å². The number of aryl methyl sites for hydroxylation is 2. The minimum atomic E-state index is -0.662. The van der Waals surface area contributed by atoms with Gasteiger partial charge in [-0.1, -0.05) is 18.2 Å². The maximum absolute atomic E-state index is 12.3. The summed E-state index contributed by atoms with van der Waals surface area (Å²) in [4.78, 5) is 26.6. The average Bonchev–Trinajstić information content (AvgIpc) is 3.08. The summed E-state index contributed by atoms with van der Waals surface area (Å²) in [6.07, 6.45) is 0.897. The number of amides is 2. The fraction of sp³-hybridized carbons (Fsp3) is 0.364. The number of rotatable bonds is 5. The topological polar surface area (TPSA) is 70.7 Å². The number of likely N-dealkylation sites (N-methyl/N-ethyl adjacent to an activating group) is 1. The van der Waals surface area contributed by atoms with Crippen molar-refractivity contribution < 1.29 is 14.3 Å². The SMILES string of the molecule is Cc1cc(C)cc(NC(=O)C(=O)NCC(c2ccc3c(c2)CCO3)N(C)C)c1. The lowest BCUT2D eigenvalue weighted by Gasteiger charge is -2.25. The number of hydrogen-bond donors (Lipinski definition) is 2. The van der Waals surface area contributed by atoms with E-state index in [1.54, 1.807) is 0 Å². The molecule has 3 rings (SSSR count). The molecule has 28 heavy (non-hydrogen) atoms. The molecule has 2 aromatic rings. The first-order valence-electron chi connectivity index (χ1n) is 9.43. The summed E-state index contributed by atoms with van der Waals surface area (Å²) < 4.78 is 5.56. The molecule has 0 saturated heterocycles. The Morgan fingerprint density at radius 3 is 2.46 bits per heavy atom. The zero-order chi connectivity index (χ0) is 20.3. The average molecular weight is 381 g/mol. The van der Waals surface area contributed by atoms with Crippen molar-refractivity contribution in [2.75, 3.05) is 32.6 Å². The van der Waals surface area contributed by atoms with Gasteiger partial charge in [0.2, 0.25) is 0 Å². The van der Waals surface area contributed by atoms with Crippen molar-refractivity contribution in [3.8, 4) is 5.75 Å². The molecule has 2 aromatic carbocycles. The molecule has 2 amide bonds. The van der Waals surface area contributed by atoms with Gasteiger partial charge in [-0.05, 0) is 68.4 Å². The number of fused-ring (bicyclic) bond motifs is 1. The lowest BCUT2D eigenvalue weighted by atomic mass is 10.0. The highest BCUT2D eigenvalue weighted by Crippen LogP contribution is 2.29. The maximum atomic E-state index is 12.3. The molecule has 0 aromatic heterocycles. The predicted octanol–water partition coefficient (Wildman–Crippen LogP) is 2.60. The fourth-order valence-electron chi connectivity index (χ4n) is 3.52. The molecule has 1 aliphatic heterocycles. The molecule has 1 unspecified atom stereocenters. The summed E-state index contributed by atoms with van der Waals surface area (Å²) in [5, 5.41) is 5.42. The second-order valence-electron chi connectivity index (χ2n) is 7.49. The predicted molar refractivity (Wildman–Crippen MR) is 110 cm³/mol. The van der Waals surface area contributed by atoms with Crippen LogP contribution in [0.25, 0.3) is 0 Å². The van der Waals surface area contributed by atoms with Crippen molar-refractivity contribution in [2.45, 2.75) is 26.3 Å². The van der Waals surface area contributed by atoms with Gasteiger partial charge in [0.25, 0.3) is 0 Å². The summed E-state index contributed by atoms with van der Waals surface area (Å²) >= 11 is 0. The standard InChI is InChI=1S/C22H27N3O3/c1-14-9-15(2)11-18(10-14)24-22(27)21(26)23-13-19(25(3)4)16-5-6-20-17(12-16)7-8-28-20/h5-6,9-12,19H,7-8,13H2,1-4H3,(H,23,26)(H,24,27). The summed E-state index contributed by atoms with van der Waals surface area (Å²) in [5.74, 6) is -0.376. The fourth-order valence-corrected chi connectivity index (χ4v) is 3.52. The third kappa shape index (κ3) is 4.70. The molecule has 6 heteroatoms. The van der Waals surface area contributed by atoms with Gasteiger partial charge in [-0.2, -0.15) is 0 Å². The van der Waals surface area contributed by atoms with Crippen LogP contribution < -0.4 is 15.4 Å². The molecule has 0 spiro atoms. The van der Waals surface area contributed by atoms with E-state index < -0.39 is 11.8 Å². The molecular formula is C22H27N3O3. The van der Waals surface area contributed by atoms with Gasteiger partial charge in [0.05, 0.1) is 12.6 Å². The molecule has 0 radical (unpaired) electrons. The van der Waals surface area contributed by atoms with Gasteiger partial charge < -0.3 is 20.3 Å². The number of benzene rings is 2. The van der Waals surface area contributed by atoms with E-state index >= 15 is 0 Å². The van der Waals surface area contributed by atoms with Crippen molar-refractivity contribution in [1.29, 1.82) is 0 Å². The number of carbonyl (C=O) groups is 2. The van der Waals surface area contributed by atoms with Crippen LogP contribution in [0.4, 0.5) is 5.69 Å². The van der Waals surface area contributed by atoms with E-state index in [4.69, 9.17) is 4.74 Å². The van der Waals surface area contributed by atoms with Gasteiger partial charge >= 0.3 is 11.8 Å². The Balaban J connectivity index is 1.63. The van der Waals surface area contributed by atoms with Crippen LogP contribution in [0.15, 0.2) is 36.4 Å². The molecule has 1 atom stereocenters. The zero-order valence-corrected chi connectivity index (χ0v) is 16.8. The first-order valence-corrected chi connectivity index (χ1v) is 9.43. The van der Waals surface area contributed by atoms with Crippen LogP contribution in [0.2, 0.25) is 0 Å². The second-order valence-corrected chi connectivity index (χ2v) is 7.49. The van der Waals surface area contributed by atoms with E-state index in [1.807, 2.05) is 63.2 Å². The van der Waals surface area contributed by atoms with Gasteiger partial charge in [0.15, 0.2) is 0 Å². The largest absolute Gasteiger partial charge is 0.493 e. The molecule has 0 bridgehead atoms. The van der Waals surface area contributed by atoms with Crippen LogP contribution in [0.1, 0.15) is 28.3 Å². The van der Waals surface area contributed by atoms with Crippen molar-refractivity contribution in [3.05, 3.63) is 58.7 Å². The Kier molecular flexibility index (Phi) is 5.99. The quantitative estimate of drug-likeness (QED) is 0.781. The van der Waals surface area contributed by atoms with Crippen LogP contribution in [-0.2, 0) is 16.0 Å². The van der Waals surface area contributed by atoms with Gasteiger partial charge in [0, 0.05) is 18.7 Å². The van der Waals surface area contributed by atoms with Gasteiger partial charge in [-0.3, -0.25) is 9.59 Å². The molecule has 0 saturated carbocycles. The minimum Gasteiger partial charge on any atom is -0.493 e. The van der Waals surface area contributed by atoms with E-state index in [9.17, 15) is 9.59 Å². The van der Waals surface area contributed by atoms with E-state index in [1.165, 1.54) is 5.56 Å². The highest BCUT2D eigenvalue weighted by Gasteiger charge is 2.21. The Bertz CT molecular complexity index is 872.